The molecule has 0 aliphatic carbocycles. The van der Waals surface area contributed by atoms with Gasteiger partial charge in [0.25, 0.3) is 0 Å². The molecule has 0 radical (unpaired) electrons. The summed E-state index contributed by atoms with van der Waals surface area (Å²) in [7, 11) is 0. The molecule has 0 aromatic carbocycles. The van der Waals surface area contributed by atoms with Crippen molar-refractivity contribution in [2.45, 2.75) is 0 Å². The molecule has 14 heavy (non-hydrogen) atoms. The van der Waals surface area contributed by atoms with Crippen molar-refractivity contribution in [3.8, 4) is 0 Å². The fourth-order valence-electron chi connectivity index (χ4n) is 0.167. The average Bonchev–Trinajstić information content (AvgIpc) is 2.35. The van der Waals surface area contributed by atoms with Gasteiger partial charge in [0.2, 0.25) is 0 Å². The fraction of sp³-hybridized carbons (Fsp3) is 0. The van der Waals surface area contributed by atoms with Crippen LogP contribution in [0.15, 0.2) is 12.4 Å². The van der Waals surface area contributed by atoms with Crippen molar-refractivity contribution in [3.63, 3.8) is 0 Å². The van der Waals surface area contributed by atoms with E-state index in [1.54, 1.807) is 12.4 Å². The standard InChI is InChI=1S/C2H3N3.2NO3.Zn/c1-2-4-5-3-1;2*2-1(3)4;/h1-2H,(H,3,4,5);;;/q;2*-1;+2. The molecule has 1 aromatic rings. The third kappa shape index (κ3) is 85.3. The van der Waals surface area contributed by atoms with Gasteiger partial charge in [0.05, 0.1) is 22.6 Å². The van der Waals surface area contributed by atoms with E-state index in [1.165, 1.54) is 0 Å². The number of nitrogens with one attached hydrogen (secondary N) is 1. The summed E-state index contributed by atoms with van der Waals surface area (Å²) in [6.07, 6.45) is 3.17. The van der Waals surface area contributed by atoms with E-state index in [-0.39, 0.29) is 19.5 Å². The molecule has 0 aliphatic rings. The van der Waals surface area contributed by atoms with Crippen LogP contribution in [0.25, 0.3) is 0 Å². The number of hydrogen-bond donors (Lipinski definition) is 1. The smallest absolute Gasteiger partial charge is 0.356 e. The minimum atomic E-state index is -1.75. The van der Waals surface area contributed by atoms with Gasteiger partial charge in [0.1, 0.15) is 0 Å². The molecule has 0 spiro atoms. The number of hydrogen-bond acceptors (Lipinski definition) is 8. The summed E-state index contributed by atoms with van der Waals surface area (Å²) in [6.45, 7) is 0. The molecule has 11 nitrogen and oxygen atoms in total. The molecule has 12 heteroatoms. The van der Waals surface area contributed by atoms with Gasteiger partial charge in [-0.15, -0.1) is 0 Å². The number of H-pyrrole nitrogens is 1. The van der Waals surface area contributed by atoms with Crippen LogP contribution in [0.5, 0.6) is 0 Å². The van der Waals surface area contributed by atoms with E-state index < -0.39 is 10.2 Å². The van der Waals surface area contributed by atoms with Crippen LogP contribution in [0.1, 0.15) is 0 Å². The second kappa shape index (κ2) is 13.7. The monoisotopic (exact) mass is 257 g/mol. The summed E-state index contributed by atoms with van der Waals surface area (Å²) in [4.78, 5) is 16.5. The first-order valence-electron chi connectivity index (χ1n) is 2.39. The van der Waals surface area contributed by atoms with Crippen LogP contribution in [0, 0.1) is 30.6 Å². The molecule has 1 heterocycles. The van der Waals surface area contributed by atoms with Crippen molar-refractivity contribution >= 4 is 0 Å². The Kier molecular flexibility index (Phi) is 17.7. The Morgan fingerprint density at radius 3 is 1.21 bits per heavy atom. The van der Waals surface area contributed by atoms with Crippen LogP contribution in [-0.4, -0.2) is 25.6 Å². The Bertz CT molecular complexity index is 189. The van der Waals surface area contributed by atoms with Crippen molar-refractivity contribution in [3.05, 3.63) is 43.0 Å². The molecule has 0 saturated carbocycles. The molecule has 0 bridgehead atoms. The molecule has 74 valence electrons. The molecular weight excluding hydrogens is 255 g/mol. The number of aromatic amines is 1. The zero-order chi connectivity index (χ0) is 10.7. The molecule has 1 rings (SSSR count). The largest absolute Gasteiger partial charge is 2.00 e. The molecule has 0 fully saturated rings. The van der Waals surface area contributed by atoms with Gasteiger partial charge in [0.15, 0.2) is 0 Å². The summed E-state index contributed by atoms with van der Waals surface area (Å²) in [5, 5.41) is 38.8. The SMILES string of the molecule is O=[N+]([O-])[O-].O=[N+]([O-])[O-].[Zn+2].c1cn[nH]n1. The second-order valence-electron chi connectivity index (χ2n) is 1.10. The van der Waals surface area contributed by atoms with Crippen LogP contribution in [0.2, 0.25) is 0 Å². The Morgan fingerprint density at radius 1 is 0.929 bits per heavy atom. The van der Waals surface area contributed by atoms with Gasteiger partial charge in [-0.3, -0.25) is 0 Å². The van der Waals surface area contributed by atoms with Crippen LogP contribution in [0.4, 0.5) is 0 Å². The van der Waals surface area contributed by atoms with E-state index in [4.69, 9.17) is 30.6 Å². The number of aromatic nitrogens is 3. The topological polar surface area (TPSA) is 174 Å². The predicted molar refractivity (Wildman–Crippen MR) is 37.1 cm³/mol. The predicted octanol–water partition coefficient (Wildman–Crippen LogP) is -0.676. The van der Waals surface area contributed by atoms with Gasteiger partial charge in [-0.05, 0) is 0 Å². The molecule has 0 saturated heterocycles. The minimum absolute atomic E-state index is 0. The molecule has 1 N–H and O–H groups in total. The maximum Gasteiger partial charge on any atom is 2.00 e. The van der Waals surface area contributed by atoms with Crippen molar-refractivity contribution < 1.29 is 29.7 Å². The van der Waals surface area contributed by atoms with E-state index in [1.807, 2.05) is 0 Å². The van der Waals surface area contributed by atoms with Crippen LogP contribution in [0.3, 0.4) is 0 Å². The van der Waals surface area contributed by atoms with E-state index in [0.717, 1.165) is 0 Å². The van der Waals surface area contributed by atoms with Gasteiger partial charge >= 0.3 is 19.5 Å². The first kappa shape index (κ1) is 18.1. The first-order valence-corrected chi connectivity index (χ1v) is 2.39. The summed E-state index contributed by atoms with van der Waals surface area (Å²) in [5.74, 6) is 0. The van der Waals surface area contributed by atoms with E-state index in [9.17, 15) is 0 Å². The molecule has 0 aliphatic heterocycles. The van der Waals surface area contributed by atoms with E-state index >= 15 is 0 Å². The molecule has 0 unspecified atom stereocenters. The van der Waals surface area contributed by atoms with Gasteiger partial charge in [-0.1, -0.05) is 0 Å². The van der Waals surface area contributed by atoms with Crippen molar-refractivity contribution in [1.82, 2.24) is 15.4 Å². The quantitative estimate of drug-likeness (QED) is 0.361. The summed E-state index contributed by atoms with van der Waals surface area (Å²) in [6, 6.07) is 0. The minimum Gasteiger partial charge on any atom is -0.356 e. The molecule has 0 atom stereocenters. The molecular formula is C2H3N5O6Zn. The normalized spacial score (nSPS) is 6.29. The zero-order valence-electron chi connectivity index (χ0n) is 6.60. The van der Waals surface area contributed by atoms with Gasteiger partial charge in [0, 0.05) is 0 Å². The van der Waals surface area contributed by atoms with E-state index in [2.05, 4.69) is 15.4 Å². The van der Waals surface area contributed by atoms with Crippen molar-refractivity contribution in [1.29, 1.82) is 0 Å². The third-order valence-corrected chi connectivity index (χ3v) is 0.331. The summed E-state index contributed by atoms with van der Waals surface area (Å²) < 4.78 is 0. The van der Waals surface area contributed by atoms with Gasteiger partial charge in [-0.2, -0.15) is 15.4 Å². The second-order valence-corrected chi connectivity index (χ2v) is 1.10. The van der Waals surface area contributed by atoms with Gasteiger partial charge in [-0.25, -0.2) is 0 Å². The van der Waals surface area contributed by atoms with Crippen LogP contribution < -0.4 is 0 Å². The summed E-state index contributed by atoms with van der Waals surface area (Å²) in [5.41, 5.74) is 0. The Balaban J connectivity index is -0.000000127. The Hall–Kier alpha value is -1.84. The average molecular weight is 258 g/mol. The third-order valence-electron chi connectivity index (χ3n) is 0.331. The number of rotatable bonds is 0. The summed E-state index contributed by atoms with van der Waals surface area (Å²) >= 11 is 0. The zero-order valence-corrected chi connectivity index (χ0v) is 9.57. The number of nitrogens with zero attached hydrogens (tertiary/aromatic N) is 4. The van der Waals surface area contributed by atoms with Gasteiger partial charge < -0.3 is 30.6 Å². The van der Waals surface area contributed by atoms with Crippen LogP contribution >= 0.6 is 0 Å². The Labute approximate surface area is 88.7 Å². The van der Waals surface area contributed by atoms with Crippen LogP contribution in [-0.2, 0) is 19.5 Å². The molecule has 1 aromatic heterocycles. The maximum absolute atomic E-state index is 8.25. The van der Waals surface area contributed by atoms with Crippen molar-refractivity contribution in [2.75, 3.05) is 0 Å². The van der Waals surface area contributed by atoms with E-state index in [0.29, 0.717) is 0 Å². The fourth-order valence-corrected chi connectivity index (χ4v) is 0.167. The van der Waals surface area contributed by atoms with Crippen molar-refractivity contribution in [2.24, 2.45) is 0 Å². The molecule has 0 amide bonds. The maximum atomic E-state index is 8.25. The Morgan fingerprint density at radius 2 is 1.14 bits per heavy atom. The first-order chi connectivity index (χ1) is 5.96.